The zero-order valence-corrected chi connectivity index (χ0v) is 21.4. The second kappa shape index (κ2) is 10.2. The van der Waals surface area contributed by atoms with Gasteiger partial charge in [0.05, 0.1) is 29.7 Å². The second-order valence-electron chi connectivity index (χ2n) is 10.4. The summed E-state index contributed by atoms with van der Waals surface area (Å²) in [7, 11) is 0. The number of aliphatic hydroxyl groups is 1. The molecule has 0 bridgehead atoms. The molecular formula is C27H32F2N2O6. The number of fused-ring (bicyclic) bond motifs is 1. The molecule has 2 atom stereocenters. The van der Waals surface area contributed by atoms with Crippen molar-refractivity contribution >= 4 is 29.0 Å². The van der Waals surface area contributed by atoms with Crippen molar-refractivity contribution in [3.8, 4) is 0 Å². The van der Waals surface area contributed by atoms with Gasteiger partial charge in [-0.05, 0) is 59.4 Å². The fourth-order valence-electron chi connectivity index (χ4n) is 4.64. The Morgan fingerprint density at radius 1 is 1.22 bits per heavy atom. The van der Waals surface area contributed by atoms with Gasteiger partial charge in [-0.15, -0.1) is 0 Å². The number of benzene rings is 1. The van der Waals surface area contributed by atoms with E-state index in [2.05, 4.69) is 0 Å². The summed E-state index contributed by atoms with van der Waals surface area (Å²) in [6.07, 6.45) is 4.97. The third-order valence-electron chi connectivity index (χ3n) is 6.48. The Bertz CT molecular complexity index is 1310. The molecule has 1 aliphatic heterocycles. The van der Waals surface area contributed by atoms with Gasteiger partial charge in [0, 0.05) is 24.3 Å². The zero-order valence-electron chi connectivity index (χ0n) is 21.4. The molecule has 1 N–H and O–H groups in total. The topological polar surface area (TPSA) is 98.1 Å². The van der Waals surface area contributed by atoms with Crippen molar-refractivity contribution in [3.63, 3.8) is 0 Å². The summed E-state index contributed by atoms with van der Waals surface area (Å²) in [5, 5.41) is 10.3. The summed E-state index contributed by atoms with van der Waals surface area (Å²) >= 11 is 0. The monoisotopic (exact) mass is 518 g/mol. The number of hydrogen-bond acceptors (Lipinski definition) is 6. The Morgan fingerprint density at radius 3 is 2.54 bits per heavy atom. The van der Waals surface area contributed by atoms with Gasteiger partial charge in [0.2, 0.25) is 5.43 Å². The number of carbonyl (C=O) groups excluding carboxylic acids is 2. The van der Waals surface area contributed by atoms with Crippen molar-refractivity contribution in [2.24, 2.45) is 0 Å². The molecule has 1 amide bonds. The average molecular weight is 519 g/mol. The van der Waals surface area contributed by atoms with Crippen molar-refractivity contribution in [1.29, 1.82) is 0 Å². The smallest absolute Gasteiger partial charge is 0.410 e. The molecule has 1 aromatic carbocycles. The second-order valence-corrected chi connectivity index (χ2v) is 10.4. The van der Waals surface area contributed by atoms with Gasteiger partial charge in [0.25, 0.3) is 0 Å². The number of amides is 1. The minimum absolute atomic E-state index is 0.0624. The summed E-state index contributed by atoms with van der Waals surface area (Å²) in [6, 6.07) is 0.152. The number of likely N-dealkylation sites (tertiary alicyclic amines) is 1. The number of hydrogen-bond donors (Lipinski definition) is 1. The van der Waals surface area contributed by atoms with Gasteiger partial charge in [-0.2, -0.15) is 0 Å². The van der Waals surface area contributed by atoms with E-state index in [-0.39, 0.29) is 41.1 Å². The molecule has 0 radical (unpaired) electrons. The van der Waals surface area contributed by atoms with Gasteiger partial charge in [-0.3, -0.25) is 4.79 Å². The number of halogens is 2. The van der Waals surface area contributed by atoms with Crippen molar-refractivity contribution in [1.82, 2.24) is 9.47 Å². The van der Waals surface area contributed by atoms with Gasteiger partial charge in [0.1, 0.15) is 11.2 Å². The summed E-state index contributed by atoms with van der Waals surface area (Å²) < 4.78 is 41.8. The minimum Gasteiger partial charge on any atom is -0.462 e. The summed E-state index contributed by atoms with van der Waals surface area (Å²) in [6.45, 7) is 7.23. The molecule has 0 spiro atoms. The first-order valence-corrected chi connectivity index (χ1v) is 12.5. The van der Waals surface area contributed by atoms with E-state index >= 15 is 4.39 Å². The lowest BCUT2D eigenvalue weighted by Gasteiger charge is -2.29. The van der Waals surface area contributed by atoms with Gasteiger partial charge >= 0.3 is 12.1 Å². The third-order valence-corrected chi connectivity index (χ3v) is 6.48. The Kier molecular flexibility index (Phi) is 7.41. The molecular weight excluding hydrogens is 486 g/mol. The van der Waals surface area contributed by atoms with E-state index in [0.29, 0.717) is 13.0 Å². The average Bonchev–Trinajstić information content (AvgIpc) is 3.59. The van der Waals surface area contributed by atoms with Crippen LogP contribution in [0, 0.1) is 11.6 Å². The lowest BCUT2D eigenvalue weighted by molar-refractivity contribution is 0.0159. The Morgan fingerprint density at radius 2 is 1.92 bits per heavy atom. The highest BCUT2D eigenvalue weighted by molar-refractivity contribution is 5.96. The van der Waals surface area contributed by atoms with Crippen LogP contribution in [0.5, 0.6) is 0 Å². The molecule has 8 nitrogen and oxygen atoms in total. The Labute approximate surface area is 213 Å². The Hall–Kier alpha value is -3.27. The lowest BCUT2D eigenvalue weighted by atomic mass is 10.0. The van der Waals surface area contributed by atoms with Crippen LogP contribution in [-0.2, 0) is 9.47 Å². The number of ether oxygens (including phenoxy) is 2. The maximum atomic E-state index is 15.1. The summed E-state index contributed by atoms with van der Waals surface area (Å²) in [5.74, 6) is -3.16. The van der Waals surface area contributed by atoms with Crippen LogP contribution in [0.3, 0.4) is 0 Å². The maximum absolute atomic E-state index is 15.1. The number of rotatable bonds is 6. The van der Waals surface area contributed by atoms with Crippen molar-refractivity contribution in [2.45, 2.75) is 77.2 Å². The molecule has 10 heteroatoms. The van der Waals surface area contributed by atoms with Gasteiger partial charge in [-0.1, -0.05) is 12.2 Å². The largest absolute Gasteiger partial charge is 0.462 e. The van der Waals surface area contributed by atoms with Crippen molar-refractivity contribution in [3.05, 3.63) is 51.3 Å². The lowest BCUT2D eigenvalue weighted by Crippen LogP contribution is -2.42. The number of carbonyl (C=O) groups is 2. The molecule has 1 saturated carbocycles. The number of pyridine rings is 1. The van der Waals surface area contributed by atoms with Crippen LogP contribution >= 0.6 is 0 Å². The molecule has 37 heavy (non-hydrogen) atoms. The van der Waals surface area contributed by atoms with Gasteiger partial charge in [0.15, 0.2) is 11.6 Å². The van der Waals surface area contributed by atoms with E-state index in [9.17, 15) is 23.9 Å². The molecule has 2 fully saturated rings. The molecule has 1 saturated heterocycles. The van der Waals surface area contributed by atoms with E-state index in [1.165, 1.54) is 17.2 Å². The fraction of sp³-hybridized carbons (Fsp3) is 0.519. The van der Waals surface area contributed by atoms with Gasteiger partial charge < -0.3 is 24.0 Å². The summed E-state index contributed by atoms with van der Waals surface area (Å²) in [5.41, 5.74) is -1.62. The van der Waals surface area contributed by atoms with Crippen LogP contribution in [0.2, 0.25) is 0 Å². The van der Waals surface area contributed by atoms with Crippen LogP contribution in [-0.4, -0.2) is 57.5 Å². The third kappa shape index (κ3) is 5.53. The normalized spacial score (nSPS) is 20.1. The van der Waals surface area contributed by atoms with E-state index in [4.69, 9.17) is 9.47 Å². The van der Waals surface area contributed by atoms with E-state index < -0.39 is 46.9 Å². The van der Waals surface area contributed by atoms with Crippen LogP contribution in [0.15, 0.2) is 23.1 Å². The van der Waals surface area contributed by atoms with E-state index in [0.717, 1.165) is 18.9 Å². The SMILES string of the molecule is CCOC(=O)c1cn(C2CC2)c2c(C=CC[C@@H]3[C@H](O)CCN3C(=O)OC(C)(C)C)c(F)c(F)cc2c1=O. The number of esters is 1. The first kappa shape index (κ1) is 26.8. The fourth-order valence-corrected chi connectivity index (χ4v) is 4.64. The highest BCUT2D eigenvalue weighted by Gasteiger charge is 2.37. The Balaban J connectivity index is 1.73. The molecule has 2 aliphatic rings. The quantitative estimate of drug-likeness (QED) is 0.563. The van der Waals surface area contributed by atoms with Crippen LogP contribution in [0.1, 0.15) is 75.3 Å². The highest BCUT2D eigenvalue weighted by Crippen LogP contribution is 2.39. The molecule has 200 valence electrons. The highest BCUT2D eigenvalue weighted by atomic mass is 19.2. The predicted octanol–water partition coefficient (Wildman–Crippen LogP) is 4.56. The number of aromatic nitrogens is 1. The molecule has 0 unspecified atom stereocenters. The molecule has 1 aromatic heterocycles. The molecule has 2 aromatic rings. The van der Waals surface area contributed by atoms with E-state index in [1.807, 2.05) is 0 Å². The van der Waals surface area contributed by atoms with Crippen LogP contribution < -0.4 is 5.43 Å². The standard InChI is InChI=1S/C27H32F2N2O6/c1-5-36-25(34)18-14-31(15-9-10-15)23-16(22(29)19(28)13-17(23)24(18)33)7-6-8-20-21(32)11-12-30(20)26(35)37-27(2,3)4/h6-7,13-15,20-21,32H,5,8-12H2,1-4H3/t20-,21-/m1/s1. The van der Waals surface area contributed by atoms with Crippen LogP contribution in [0.4, 0.5) is 13.6 Å². The first-order chi connectivity index (χ1) is 17.4. The van der Waals surface area contributed by atoms with E-state index in [1.54, 1.807) is 38.3 Å². The maximum Gasteiger partial charge on any atom is 0.410 e. The first-order valence-electron chi connectivity index (χ1n) is 12.5. The number of aliphatic hydroxyl groups excluding tert-OH is 1. The molecule has 2 heterocycles. The predicted molar refractivity (Wildman–Crippen MR) is 133 cm³/mol. The number of nitrogens with zero attached hydrogens (tertiary/aromatic N) is 2. The summed E-state index contributed by atoms with van der Waals surface area (Å²) in [4.78, 5) is 39.5. The minimum atomic E-state index is -1.22. The van der Waals surface area contributed by atoms with Crippen molar-refractivity contribution < 1.29 is 33.0 Å². The van der Waals surface area contributed by atoms with Gasteiger partial charge in [-0.25, -0.2) is 18.4 Å². The zero-order chi connectivity index (χ0) is 27.1. The van der Waals surface area contributed by atoms with Crippen molar-refractivity contribution in [2.75, 3.05) is 13.2 Å². The molecule has 1 aliphatic carbocycles. The molecule has 4 rings (SSSR count). The van der Waals surface area contributed by atoms with Crippen LogP contribution in [0.25, 0.3) is 17.0 Å².